The first-order chi connectivity index (χ1) is 8.67. The first-order valence-corrected chi connectivity index (χ1v) is 7.77. The predicted molar refractivity (Wildman–Crippen MR) is 74.6 cm³/mol. The zero-order chi connectivity index (χ0) is 13.1. The first kappa shape index (κ1) is 13.5. The molecule has 2 rings (SSSR count). The summed E-state index contributed by atoms with van der Waals surface area (Å²) in [5, 5.41) is 3.20. The monoisotopic (exact) mass is 266 g/mol. The lowest BCUT2D eigenvalue weighted by Crippen LogP contribution is -2.35. The molecule has 100 valence electrons. The second-order valence-electron chi connectivity index (χ2n) is 4.99. The fourth-order valence-electron chi connectivity index (χ4n) is 2.74. The van der Waals surface area contributed by atoms with Gasteiger partial charge in [0.1, 0.15) is 0 Å². The zero-order valence-electron chi connectivity index (χ0n) is 11.5. The average molecular weight is 266 g/mol. The van der Waals surface area contributed by atoms with E-state index in [9.17, 15) is 4.79 Å². The van der Waals surface area contributed by atoms with Gasteiger partial charge in [-0.05, 0) is 32.6 Å². The van der Waals surface area contributed by atoms with E-state index in [4.69, 9.17) is 0 Å². The van der Waals surface area contributed by atoms with E-state index in [0.717, 1.165) is 42.9 Å². The number of rotatable bonds is 4. The van der Waals surface area contributed by atoms with E-state index in [0.29, 0.717) is 5.91 Å². The van der Waals surface area contributed by atoms with Gasteiger partial charge in [0.25, 0.3) is 0 Å². The fourth-order valence-corrected chi connectivity index (χ4v) is 3.40. The molecular formula is C14H22N2OS. The quantitative estimate of drug-likeness (QED) is 0.835. The summed E-state index contributed by atoms with van der Waals surface area (Å²) in [5.74, 6) is 0.512. The molecule has 1 aromatic heterocycles. The second-order valence-corrected chi connectivity index (χ2v) is 6.06. The van der Waals surface area contributed by atoms with Crippen molar-refractivity contribution >= 4 is 17.2 Å². The van der Waals surface area contributed by atoms with Crippen molar-refractivity contribution in [3.05, 3.63) is 16.1 Å². The van der Waals surface area contributed by atoms with Gasteiger partial charge in [0.15, 0.2) is 0 Å². The summed E-state index contributed by atoms with van der Waals surface area (Å²) >= 11 is 1.68. The number of amides is 1. The third-order valence-electron chi connectivity index (χ3n) is 3.85. The van der Waals surface area contributed by atoms with Gasteiger partial charge in [0.2, 0.25) is 5.91 Å². The number of aromatic nitrogens is 1. The maximum absolute atomic E-state index is 12.5. The van der Waals surface area contributed by atoms with Crippen molar-refractivity contribution in [2.75, 3.05) is 6.54 Å². The molecule has 2 heterocycles. The van der Waals surface area contributed by atoms with Crippen molar-refractivity contribution in [3.8, 4) is 0 Å². The molecule has 1 fully saturated rings. The SMILES string of the molecule is CCC(CC)C(=O)N1CCC[C@H]1c1csc(C)n1. The van der Waals surface area contributed by atoms with Crippen LogP contribution in [-0.4, -0.2) is 22.3 Å². The lowest BCUT2D eigenvalue weighted by atomic mass is 10.0. The molecule has 0 aromatic carbocycles. The maximum atomic E-state index is 12.5. The molecule has 0 radical (unpaired) electrons. The normalized spacial score (nSPS) is 19.8. The van der Waals surface area contributed by atoms with Gasteiger partial charge in [-0.25, -0.2) is 4.98 Å². The molecule has 0 N–H and O–H groups in total. The third kappa shape index (κ3) is 2.58. The minimum absolute atomic E-state index is 0.185. The van der Waals surface area contributed by atoms with Crippen molar-refractivity contribution in [3.63, 3.8) is 0 Å². The van der Waals surface area contributed by atoms with Gasteiger partial charge < -0.3 is 4.90 Å². The topological polar surface area (TPSA) is 33.2 Å². The standard InChI is InChI=1S/C14H22N2OS/c1-4-11(5-2)14(17)16-8-6-7-13(16)12-9-18-10(3)15-12/h9,11,13H,4-8H2,1-3H3/t13-/m0/s1. The van der Waals surface area contributed by atoms with Gasteiger partial charge in [0.05, 0.1) is 16.7 Å². The van der Waals surface area contributed by atoms with E-state index in [1.807, 2.05) is 6.92 Å². The second kappa shape index (κ2) is 5.83. The van der Waals surface area contributed by atoms with E-state index in [2.05, 4.69) is 29.1 Å². The highest BCUT2D eigenvalue weighted by Gasteiger charge is 2.33. The third-order valence-corrected chi connectivity index (χ3v) is 4.64. The fraction of sp³-hybridized carbons (Fsp3) is 0.714. The smallest absolute Gasteiger partial charge is 0.226 e. The van der Waals surface area contributed by atoms with Crippen LogP contribution in [0.15, 0.2) is 5.38 Å². The van der Waals surface area contributed by atoms with Crippen LogP contribution in [0.2, 0.25) is 0 Å². The van der Waals surface area contributed by atoms with Crippen molar-refractivity contribution in [2.24, 2.45) is 5.92 Å². The summed E-state index contributed by atoms with van der Waals surface area (Å²) < 4.78 is 0. The average Bonchev–Trinajstić information content (AvgIpc) is 2.98. The Balaban J connectivity index is 2.14. The summed E-state index contributed by atoms with van der Waals surface area (Å²) in [7, 11) is 0. The number of nitrogens with zero attached hydrogens (tertiary/aromatic N) is 2. The molecule has 1 aliphatic heterocycles. The highest BCUT2D eigenvalue weighted by Crippen LogP contribution is 2.34. The van der Waals surface area contributed by atoms with Gasteiger partial charge in [-0.1, -0.05) is 13.8 Å². The van der Waals surface area contributed by atoms with E-state index >= 15 is 0 Å². The van der Waals surface area contributed by atoms with Crippen LogP contribution in [-0.2, 0) is 4.79 Å². The van der Waals surface area contributed by atoms with Crippen molar-refractivity contribution < 1.29 is 4.79 Å². The molecule has 0 unspecified atom stereocenters. The Morgan fingerprint density at radius 3 is 2.83 bits per heavy atom. The number of aryl methyl sites for hydroxylation is 1. The molecular weight excluding hydrogens is 244 g/mol. The Hall–Kier alpha value is -0.900. The number of likely N-dealkylation sites (tertiary alicyclic amines) is 1. The van der Waals surface area contributed by atoms with Crippen LogP contribution in [0.1, 0.15) is 56.3 Å². The molecule has 3 nitrogen and oxygen atoms in total. The van der Waals surface area contributed by atoms with Crippen LogP contribution in [0.4, 0.5) is 0 Å². The molecule has 1 amide bonds. The molecule has 0 spiro atoms. The van der Waals surface area contributed by atoms with Gasteiger partial charge in [0, 0.05) is 17.8 Å². The van der Waals surface area contributed by atoms with E-state index < -0.39 is 0 Å². The summed E-state index contributed by atoms with van der Waals surface area (Å²) in [6.07, 6.45) is 4.05. The van der Waals surface area contributed by atoms with Gasteiger partial charge >= 0.3 is 0 Å². The van der Waals surface area contributed by atoms with Crippen LogP contribution in [0.3, 0.4) is 0 Å². The van der Waals surface area contributed by atoms with Crippen LogP contribution in [0, 0.1) is 12.8 Å². The van der Waals surface area contributed by atoms with Gasteiger partial charge in [-0.15, -0.1) is 11.3 Å². The summed E-state index contributed by atoms with van der Waals surface area (Å²) in [6.45, 7) is 7.13. The Morgan fingerprint density at radius 1 is 1.56 bits per heavy atom. The van der Waals surface area contributed by atoms with Gasteiger partial charge in [-0.2, -0.15) is 0 Å². The number of hydrogen-bond donors (Lipinski definition) is 0. The molecule has 4 heteroatoms. The van der Waals surface area contributed by atoms with Crippen molar-refractivity contribution in [1.29, 1.82) is 0 Å². The number of thiazole rings is 1. The molecule has 1 aromatic rings. The van der Waals surface area contributed by atoms with E-state index in [1.165, 1.54) is 0 Å². The molecule has 0 bridgehead atoms. The number of carbonyl (C=O) groups excluding carboxylic acids is 1. The maximum Gasteiger partial charge on any atom is 0.226 e. The Bertz CT molecular complexity index is 412. The molecule has 1 aliphatic rings. The number of carbonyl (C=O) groups is 1. The molecule has 1 saturated heterocycles. The summed E-state index contributed by atoms with van der Waals surface area (Å²) in [6, 6.07) is 0.225. The van der Waals surface area contributed by atoms with Gasteiger partial charge in [-0.3, -0.25) is 4.79 Å². The van der Waals surface area contributed by atoms with Crippen molar-refractivity contribution in [1.82, 2.24) is 9.88 Å². The van der Waals surface area contributed by atoms with Crippen LogP contribution in [0.5, 0.6) is 0 Å². The summed E-state index contributed by atoms with van der Waals surface area (Å²) in [5.41, 5.74) is 1.09. The predicted octanol–water partition coefficient (Wildman–Crippen LogP) is 3.55. The molecule has 0 saturated carbocycles. The lowest BCUT2D eigenvalue weighted by Gasteiger charge is -2.27. The van der Waals surface area contributed by atoms with Crippen LogP contribution < -0.4 is 0 Å². The minimum atomic E-state index is 0.185. The molecule has 0 aliphatic carbocycles. The van der Waals surface area contributed by atoms with Crippen LogP contribution in [0.25, 0.3) is 0 Å². The van der Waals surface area contributed by atoms with E-state index in [1.54, 1.807) is 11.3 Å². The Morgan fingerprint density at radius 2 is 2.28 bits per heavy atom. The summed E-state index contributed by atoms with van der Waals surface area (Å²) in [4.78, 5) is 19.1. The Kier molecular flexibility index (Phi) is 4.38. The van der Waals surface area contributed by atoms with Crippen molar-refractivity contribution in [2.45, 2.75) is 52.5 Å². The number of hydrogen-bond acceptors (Lipinski definition) is 3. The lowest BCUT2D eigenvalue weighted by molar-refractivity contribution is -0.136. The highest BCUT2D eigenvalue weighted by molar-refractivity contribution is 7.09. The Labute approximate surface area is 113 Å². The molecule has 1 atom stereocenters. The minimum Gasteiger partial charge on any atom is -0.334 e. The highest BCUT2D eigenvalue weighted by atomic mass is 32.1. The zero-order valence-corrected chi connectivity index (χ0v) is 12.3. The van der Waals surface area contributed by atoms with E-state index in [-0.39, 0.29) is 12.0 Å². The largest absolute Gasteiger partial charge is 0.334 e. The first-order valence-electron chi connectivity index (χ1n) is 6.89. The van der Waals surface area contributed by atoms with Crippen LogP contribution >= 0.6 is 11.3 Å². The molecule has 18 heavy (non-hydrogen) atoms.